The molecule has 3 aromatic rings. The number of hydrogen-bond acceptors (Lipinski definition) is 5. The van der Waals surface area contributed by atoms with E-state index in [1.807, 2.05) is 36.4 Å². The molecule has 0 fully saturated rings. The molecule has 0 spiro atoms. The predicted molar refractivity (Wildman–Crippen MR) is 133 cm³/mol. The van der Waals surface area contributed by atoms with Crippen molar-refractivity contribution in [1.29, 1.82) is 0 Å². The Morgan fingerprint density at radius 3 is 2.71 bits per heavy atom. The number of aliphatic carboxylic acids is 1. The number of aromatic nitrogens is 2. The number of carbonyl (C=O) groups is 2. The highest BCUT2D eigenvalue weighted by atomic mass is 16.5. The minimum atomic E-state index is -0.978. The van der Waals surface area contributed by atoms with E-state index in [-0.39, 0.29) is 11.5 Å². The number of allylic oxidation sites excluding steroid dienone is 3. The fourth-order valence-electron chi connectivity index (χ4n) is 4.78. The molecule has 5 rings (SSSR count). The summed E-state index contributed by atoms with van der Waals surface area (Å²) in [4.78, 5) is 42.3. The van der Waals surface area contributed by atoms with Gasteiger partial charge in [0, 0.05) is 12.2 Å². The smallest absolute Gasteiger partial charge is 0.307 e. The molecule has 0 unspecified atom stereocenters. The second kappa shape index (κ2) is 9.21. The molecule has 0 saturated heterocycles. The highest BCUT2D eigenvalue weighted by Crippen LogP contribution is 2.30. The Hall–Kier alpha value is -4.20. The van der Waals surface area contributed by atoms with Crippen LogP contribution in [0.5, 0.6) is 5.75 Å². The van der Waals surface area contributed by atoms with E-state index in [1.165, 1.54) is 0 Å². The summed E-state index contributed by atoms with van der Waals surface area (Å²) < 4.78 is 6.98. The van der Waals surface area contributed by atoms with Crippen LogP contribution in [0.1, 0.15) is 30.7 Å². The highest BCUT2D eigenvalue weighted by molar-refractivity contribution is 5.97. The fraction of sp³-hybridized carbons (Fsp3) is 0.259. The number of amides is 1. The maximum atomic E-state index is 13.1. The van der Waals surface area contributed by atoms with Crippen LogP contribution in [-0.4, -0.2) is 33.6 Å². The molecule has 8 nitrogen and oxygen atoms in total. The lowest BCUT2D eigenvalue weighted by atomic mass is 9.82. The number of nitrogens with zero attached hydrogens (tertiary/aromatic N) is 2. The molecule has 1 aliphatic heterocycles. The molecule has 8 heteroatoms. The van der Waals surface area contributed by atoms with E-state index in [1.54, 1.807) is 36.0 Å². The summed E-state index contributed by atoms with van der Waals surface area (Å²) in [6.07, 6.45) is 7.04. The molecule has 1 aromatic heterocycles. The van der Waals surface area contributed by atoms with Gasteiger partial charge in [0.05, 0.1) is 29.8 Å². The Kier molecular flexibility index (Phi) is 5.94. The van der Waals surface area contributed by atoms with Crippen LogP contribution < -0.4 is 15.6 Å². The standard InChI is InChI=1S/C27H25N3O5/c1-35-19-6-4-5-16(14-19)13-17-11-12-30-24(17)29-23-15-18(9-10-22(23)26(30)32)28-25(31)20-7-2-3-8-21(20)27(33)34/h2-6,9-10,13-15,20-21H,7-8,11-12H2,1H3,(H,28,31)(H,33,34)/t20-,21+/m0/s1. The van der Waals surface area contributed by atoms with Crippen LogP contribution in [0, 0.1) is 11.8 Å². The molecule has 2 N–H and O–H groups in total. The zero-order valence-corrected chi connectivity index (χ0v) is 19.2. The maximum Gasteiger partial charge on any atom is 0.307 e. The van der Waals surface area contributed by atoms with E-state index >= 15 is 0 Å². The Labute approximate surface area is 201 Å². The second-order valence-corrected chi connectivity index (χ2v) is 8.80. The minimum absolute atomic E-state index is 0.125. The van der Waals surface area contributed by atoms with Gasteiger partial charge in [-0.15, -0.1) is 0 Å². The van der Waals surface area contributed by atoms with Crippen LogP contribution in [0.2, 0.25) is 0 Å². The molecule has 1 aliphatic carbocycles. The van der Waals surface area contributed by atoms with Crippen molar-refractivity contribution in [3.63, 3.8) is 0 Å². The van der Waals surface area contributed by atoms with E-state index < -0.39 is 17.8 Å². The number of ether oxygens (including phenoxy) is 1. The van der Waals surface area contributed by atoms with E-state index in [2.05, 4.69) is 5.32 Å². The first-order valence-electron chi connectivity index (χ1n) is 11.5. The summed E-state index contributed by atoms with van der Waals surface area (Å²) in [6, 6.07) is 12.7. The van der Waals surface area contributed by atoms with Gasteiger partial charge < -0.3 is 15.2 Å². The summed E-state index contributed by atoms with van der Waals surface area (Å²) >= 11 is 0. The van der Waals surface area contributed by atoms with Crippen LogP contribution in [-0.2, 0) is 16.1 Å². The monoisotopic (exact) mass is 471 g/mol. The number of anilines is 1. The lowest BCUT2D eigenvalue weighted by Gasteiger charge is -2.24. The quantitative estimate of drug-likeness (QED) is 0.545. The van der Waals surface area contributed by atoms with E-state index in [0.717, 1.165) is 16.9 Å². The van der Waals surface area contributed by atoms with Crippen molar-refractivity contribution in [3.8, 4) is 5.75 Å². The molecular formula is C27H25N3O5. The average molecular weight is 472 g/mol. The lowest BCUT2D eigenvalue weighted by Crippen LogP contribution is -2.34. The first-order valence-corrected chi connectivity index (χ1v) is 11.5. The number of carboxylic acid groups (broad SMARTS) is 1. The van der Waals surface area contributed by atoms with Gasteiger partial charge in [-0.25, -0.2) is 4.98 Å². The van der Waals surface area contributed by atoms with Crippen molar-refractivity contribution >= 4 is 40.1 Å². The summed E-state index contributed by atoms with van der Waals surface area (Å²) in [5, 5.41) is 12.8. The van der Waals surface area contributed by atoms with E-state index in [4.69, 9.17) is 9.72 Å². The molecule has 1 amide bonds. The van der Waals surface area contributed by atoms with Crippen LogP contribution in [0.3, 0.4) is 0 Å². The van der Waals surface area contributed by atoms with Gasteiger partial charge in [-0.2, -0.15) is 0 Å². The summed E-state index contributed by atoms with van der Waals surface area (Å²) in [5.74, 6) is -1.37. The molecule has 2 heterocycles. The van der Waals surface area contributed by atoms with Gasteiger partial charge in [0.25, 0.3) is 5.56 Å². The largest absolute Gasteiger partial charge is 0.497 e. The molecule has 0 saturated carbocycles. The van der Waals surface area contributed by atoms with Gasteiger partial charge in [0.2, 0.25) is 5.91 Å². The summed E-state index contributed by atoms with van der Waals surface area (Å²) in [6.45, 7) is 0.553. The molecule has 2 aliphatic rings. The fourth-order valence-corrected chi connectivity index (χ4v) is 4.78. The Bertz CT molecular complexity index is 1450. The maximum absolute atomic E-state index is 13.1. The lowest BCUT2D eigenvalue weighted by molar-refractivity contribution is -0.146. The highest BCUT2D eigenvalue weighted by Gasteiger charge is 2.34. The first kappa shape index (κ1) is 22.6. The van der Waals surface area contributed by atoms with Gasteiger partial charge >= 0.3 is 5.97 Å². The Morgan fingerprint density at radius 1 is 1.14 bits per heavy atom. The molecule has 35 heavy (non-hydrogen) atoms. The van der Waals surface area contributed by atoms with Crippen molar-refractivity contribution in [2.45, 2.75) is 25.8 Å². The third kappa shape index (κ3) is 4.35. The van der Waals surface area contributed by atoms with Gasteiger partial charge in [-0.05, 0) is 66.8 Å². The zero-order valence-electron chi connectivity index (χ0n) is 19.2. The number of fused-ring (bicyclic) bond motifs is 2. The second-order valence-electron chi connectivity index (χ2n) is 8.80. The summed E-state index contributed by atoms with van der Waals surface area (Å²) in [5.41, 5.74) is 2.74. The van der Waals surface area contributed by atoms with Gasteiger partial charge in [0.15, 0.2) is 0 Å². The summed E-state index contributed by atoms with van der Waals surface area (Å²) in [7, 11) is 1.62. The predicted octanol–water partition coefficient (Wildman–Crippen LogP) is 3.95. The van der Waals surface area contributed by atoms with Gasteiger partial charge in [-0.3, -0.25) is 19.0 Å². The van der Waals surface area contributed by atoms with E-state index in [9.17, 15) is 19.5 Å². The number of methoxy groups -OCH3 is 1. The van der Waals surface area contributed by atoms with Crippen LogP contribution in [0.4, 0.5) is 5.69 Å². The number of carboxylic acids is 1. The van der Waals surface area contributed by atoms with Crippen LogP contribution in [0.15, 0.2) is 59.4 Å². The van der Waals surface area contributed by atoms with Crippen molar-refractivity contribution in [2.75, 3.05) is 12.4 Å². The third-order valence-corrected chi connectivity index (χ3v) is 6.64. The molecule has 2 aromatic carbocycles. The van der Waals surface area contributed by atoms with Gasteiger partial charge in [0.1, 0.15) is 11.6 Å². The van der Waals surface area contributed by atoms with Gasteiger partial charge in [-0.1, -0.05) is 24.3 Å². The SMILES string of the molecule is COc1cccc(C=C2CCn3c2nc2cc(NC(=O)[C@H]4CC=CC[C@H]4C(=O)O)ccc2c3=O)c1. The number of carbonyl (C=O) groups excluding carboxylic acids is 1. The van der Waals surface area contributed by atoms with Crippen molar-refractivity contribution in [3.05, 3.63) is 76.4 Å². The Morgan fingerprint density at radius 2 is 1.94 bits per heavy atom. The normalized spacial score (nSPS) is 20.1. The number of hydrogen-bond donors (Lipinski definition) is 2. The zero-order chi connectivity index (χ0) is 24.5. The molecule has 178 valence electrons. The number of nitrogens with one attached hydrogen (secondary N) is 1. The van der Waals surface area contributed by atoms with Crippen LogP contribution >= 0.6 is 0 Å². The van der Waals surface area contributed by atoms with Crippen LogP contribution in [0.25, 0.3) is 22.6 Å². The number of benzene rings is 2. The molecule has 2 atom stereocenters. The van der Waals surface area contributed by atoms with Crippen molar-refractivity contribution in [2.24, 2.45) is 11.8 Å². The van der Waals surface area contributed by atoms with E-state index in [0.29, 0.717) is 48.2 Å². The van der Waals surface area contributed by atoms with Crippen molar-refractivity contribution in [1.82, 2.24) is 9.55 Å². The molecule has 0 bridgehead atoms. The van der Waals surface area contributed by atoms with Crippen molar-refractivity contribution < 1.29 is 19.4 Å². The average Bonchev–Trinajstić information content (AvgIpc) is 3.26. The topological polar surface area (TPSA) is 111 Å². The molecular weight excluding hydrogens is 446 g/mol. The first-order chi connectivity index (χ1) is 16.9. The minimum Gasteiger partial charge on any atom is -0.497 e. The Balaban J connectivity index is 1.47. The number of rotatable bonds is 5. The third-order valence-electron chi connectivity index (χ3n) is 6.64. The molecule has 0 radical (unpaired) electrons.